The lowest BCUT2D eigenvalue weighted by Gasteiger charge is -2.28. The van der Waals surface area contributed by atoms with Crippen LogP contribution in [0.15, 0.2) is 30.3 Å². The molecule has 3 heteroatoms. The lowest BCUT2D eigenvalue weighted by Crippen LogP contribution is -2.30. The van der Waals surface area contributed by atoms with E-state index in [1.807, 2.05) is 7.05 Å². The maximum absolute atomic E-state index is 6.15. The predicted molar refractivity (Wildman–Crippen MR) is 81.8 cm³/mol. The summed E-state index contributed by atoms with van der Waals surface area (Å²) in [5.74, 6) is 0. The third-order valence-corrected chi connectivity index (χ3v) is 3.80. The average molecular weight is 277 g/mol. The standard InChI is InChI=1S/C17H27NO2/c1-18-13-12-16(20-17-9-5-6-14-19-17)11-10-15-7-3-2-4-8-15/h2-4,7-8,16-18H,5-6,9-14H2,1H3. The Morgan fingerprint density at radius 2 is 2.10 bits per heavy atom. The van der Waals surface area contributed by atoms with E-state index in [1.165, 1.54) is 18.4 Å². The second kappa shape index (κ2) is 9.11. The Kier molecular flexibility index (Phi) is 7.06. The maximum Gasteiger partial charge on any atom is 0.157 e. The minimum absolute atomic E-state index is 0.0152. The van der Waals surface area contributed by atoms with Crippen LogP contribution in [0.2, 0.25) is 0 Å². The average Bonchev–Trinajstić information content (AvgIpc) is 2.52. The van der Waals surface area contributed by atoms with E-state index in [0.29, 0.717) is 0 Å². The molecule has 2 unspecified atom stereocenters. The van der Waals surface area contributed by atoms with Crippen molar-refractivity contribution in [1.82, 2.24) is 5.32 Å². The Labute approximate surface area is 122 Å². The van der Waals surface area contributed by atoms with Gasteiger partial charge in [-0.25, -0.2) is 0 Å². The van der Waals surface area contributed by atoms with Gasteiger partial charge in [-0.2, -0.15) is 0 Å². The molecule has 0 bridgehead atoms. The number of nitrogens with one attached hydrogen (secondary N) is 1. The lowest BCUT2D eigenvalue weighted by atomic mass is 10.0. The molecule has 0 radical (unpaired) electrons. The first-order valence-electron chi connectivity index (χ1n) is 7.84. The van der Waals surface area contributed by atoms with E-state index >= 15 is 0 Å². The zero-order valence-electron chi connectivity index (χ0n) is 12.5. The molecule has 20 heavy (non-hydrogen) atoms. The second-order valence-corrected chi connectivity index (χ2v) is 5.47. The molecule has 0 amide bonds. The third-order valence-electron chi connectivity index (χ3n) is 3.80. The van der Waals surface area contributed by atoms with Gasteiger partial charge in [-0.1, -0.05) is 30.3 Å². The van der Waals surface area contributed by atoms with Crippen molar-refractivity contribution >= 4 is 0 Å². The van der Waals surface area contributed by atoms with Crippen LogP contribution in [0.3, 0.4) is 0 Å². The number of rotatable bonds is 8. The van der Waals surface area contributed by atoms with Gasteiger partial charge >= 0.3 is 0 Å². The number of ether oxygens (including phenoxy) is 2. The summed E-state index contributed by atoms with van der Waals surface area (Å²) in [5, 5.41) is 3.21. The Morgan fingerprint density at radius 1 is 1.25 bits per heavy atom. The number of hydrogen-bond donors (Lipinski definition) is 1. The first-order valence-corrected chi connectivity index (χ1v) is 7.84. The first kappa shape index (κ1) is 15.5. The topological polar surface area (TPSA) is 30.5 Å². The number of aryl methyl sites for hydroxylation is 1. The van der Waals surface area contributed by atoms with Crippen LogP contribution in [-0.2, 0) is 15.9 Å². The minimum atomic E-state index is 0.0152. The Balaban J connectivity index is 1.79. The molecule has 2 atom stereocenters. The molecule has 1 heterocycles. The van der Waals surface area contributed by atoms with Gasteiger partial charge < -0.3 is 14.8 Å². The highest BCUT2D eigenvalue weighted by molar-refractivity contribution is 5.14. The van der Waals surface area contributed by atoms with Crippen molar-refractivity contribution in [1.29, 1.82) is 0 Å². The van der Waals surface area contributed by atoms with Crippen molar-refractivity contribution in [3.8, 4) is 0 Å². The van der Waals surface area contributed by atoms with Gasteiger partial charge in [0.05, 0.1) is 6.10 Å². The Hall–Kier alpha value is -0.900. The van der Waals surface area contributed by atoms with Gasteiger partial charge in [0.2, 0.25) is 0 Å². The zero-order valence-corrected chi connectivity index (χ0v) is 12.5. The summed E-state index contributed by atoms with van der Waals surface area (Å²) in [4.78, 5) is 0. The molecule has 3 nitrogen and oxygen atoms in total. The van der Waals surface area contributed by atoms with Crippen LogP contribution in [0.5, 0.6) is 0 Å². The van der Waals surface area contributed by atoms with Gasteiger partial charge in [0.25, 0.3) is 0 Å². The summed E-state index contributed by atoms with van der Waals surface area (Å²) in [7, 11) is 1.99. The SMILES string of the molecule is CNCCC(CCc1ccccc1)OC1CCCCO1. The molecule has 1 fully saturated rings. The van der Waals surface area contributed by atoms with Gasteiger partial charge in [-0.3, -0.25) is 0 Å². The fourth-order valence-corrected chi connectivity index (χ4v) is 2.59. The summed E-state index contributed by atoms with van der Waals surface area (Å²) in [6.07, 6.45) is 6.91. The summed E-state index contributed by atoms with van der Waals surface area (Å²) >= 11 is 0. The van der Waals surface area contributed by atoms with Crippen LogP contribution >= 0.6 is 0 Å². The normalized spacial score (nSPS) is 20.8. The van der Waals surface area contributed by atoms with Crippen molar-refractivity contribution < 1.29 is 9.47 Å². The van der Waals surface area contributed by atoms with Crippen molar-refractivity contribution in [2.45, 2.75) is 50.9 Å². The van der Waals surface area contributed by atoms with Gasteiger partial charge in [0.15, 0.2) is 6.29 Å². The molecule has 2 rings (SSSR count). The van der Waals surface area contributed by atoms with E-state index < -0.39 is 0 Å². The molecule has 1 N–H and O–H groups in total. The lowest BCUT2D eigenvalue weighted by molar-refractivity contribution is -0.190. The van der Waals surface area contributed by atoms with E-state index in [1.54, 1.807) is 0 Å². The zero-order chi connectivity index (χ0) is 14.0. The molecule has 112 valence electrons. The fourth-order valence-electron chi connectivity index (χ4n) is 2.59. The molecule has 0 aliphatic carbocycles. The van der Waals surface area contributed by atoms with E-state index in [-0.39, 0.29) is 12.4 Å². The van der Waals surface area contributed by atoms with E-state index in [4.69, 9.17) is 9.47 Å². The van der Waals surface area contributed by atoms with Crippen molar-refractivity contribution in [3.05, 3.63) is 35.9 Å². The molecule has 1 aromatic carbocycles. The molecule has 0 spiro atoms. The third kappa shape index (κ3) is 5.61. The molecule has 0 saturated carbocycles. The molecule has 1 aromatic rings. The number of hydrogen-bond acceptors (Lipinski definition) is 3. The van der Waals surface area contributed by atoms with Crippen molar-refractivity contribution in [2.75, 3.05) is 20.2 Å². The highest BCUT2D eigenvalue weighted by atomic mass is 16.7. The molecular weight excluding hydrogens is 250 g/mol. The first-order chi connectivity index (χ1) is 9.88. The molecule has 1 saturated heterocycles. The van der Waals surface area contributed by atoms with Gasteiger partial charge in [-0.15, -0.1) is 0 Å². The molecule has 1 aliphatic heterocycles. The van der Waals surface area contributed by atoms with Crippen LogP contribution in [-0.4, -0.2) is 32.6 Å². The van der Waals surface area contributed by atoms with Crippen LogP contribution in [0.1, 0.15) is 37.7 Å². The van der Waals surface area contributed by atoms with Crippen molar-refractivity contribution in [3.63, 3.8) is 0 Å². The smallest absolute Gasteiger partial charge is 0.157 e. The van der Waals surface area contributed by atoms with Crippen molar-refractivity contribution in [2.24, 2.45) is 0 Å². The fraction of sp³-hybridized carbons (Fsp3) is 0.647. The predicted octanol–water partition coefficient (Wildman–Crippen LogP) is 3.14. The highest BCUT2D eigenvalue weighted by Gasteiger charge is 2.19. The summed E-state index contributed by atoms with van der Waals surface area (Å²) in [6, 6.07) is 10.6. The van der Waals surface area contributed by atoms with Crippen LogP contribution in [0.25, 0.3) is 0 Å². The van der Waals surface area contributed by atoms with Crippen LogP contribution < -0.4 is 5.32 Å². The molecule has 0 aromatic heterocycles. The van der Waals surface area contributed by atoms with Gasteiger partial charge in [-0.05, 0) is 57.7 Å². The second-order valence-electron chi connectivity index (χ2n) is 5.47. The summed E-state index contributed by atoms with van der Waals surface area (Å²) in [5.41, 5.74) is 1.38. The maximum atomic E-state index is 6.15. The van der Waals surface area contributed by atoms with Crippen LogP contribution in [0, 0.1) is 0 Å². The van der Waals surface area contributed by atoms with Gasteiger partial charge in [0.1, 0.15) is 0 Å². The van der Waals surface area contributed by atoms with E-state index in [0.717, 1.165) is 38.8 Å². The quantitative estimate of drug-likeness (QED) is 0.792. The van der Waals surface area contributed by atoms with Gasteiger partial charge in [0, 0.05) is 6.61 Å². The summed E-state index contributed by atoms with van der Waals surface area (Å²) < 4.78 is 11.9. The molecular formula is C17H27NO2. The molecule has 1 aliphatic rings. The Bertz CT molecular complexity index is 349. The van der Waals surface area contributed by atoms with E-state index in [2.05, 4.69) is 35.6 Å². The van der Waals surface area contributed by atoms with Crippen LogP contribution in [0.4, 0.5) is 0 Å². The van der Waals surface area contributed by atoms with E-state index in [9.17, 15) is 0 Å². The monoisotopic (exact) mass is 277 g/mol. The highest BCUT2D eigenvalue weighted by Crippen LogP contribution is 2.19. The largest absolute Gasteiger partial charge is 0.353 e. The summed E-state index contributed by atoms with van der Waals surface area (Å²) in [6.45, 7) is 1.84. The minimum Gasteiger partial charge on any atom is -0.353 e. The Morgan fingerprint density at radius 3 is 2.80 bits per heavy atom. The number of benzene rings is 1.